The number of carbonyl (C=O) groups is 3. The lowest BCUT2D eigenvalue weighted by atomic mass is 10.1. The van der Waals surface area contributed by atoms with E-state index in [1.165, 1.54) is 24.5 Å². The molecule has 2 amide bonds. The standard InChI is InChI=1S/C20H23N3O6/c1-14(11-15-5-3-2-4-6-15)21-20(28)29-13-23-9-7-16(8-10-23)18(25)22-17(12-24)19(26)27/h2-10,14,17,24H,11-13H2,1H3,(H2-,21,22,25,26,27,28)/p+1/t14-,17?/m0/s1. The fourth-order valence-corrected chi connectivity index (χ4v) is 2.52. The fraction of sp³-hybridized carbons (Fsp3) is 0.300. The van der Waals surface area contributed by atoms with Crippen molar-refractivity contribution in [1.82, 2.24) is 10.6 Å². The van der Waals surface area contributed by atoms with Crippen molar-refractivity contribution in [2.75, 3.05) is 6.61 Å². The van der Waals surface area contributed by atoms with E-state index in [4.69, 9.17) is 14.9 Å². The van der Waals surface area contributed by atoms with Crippen molar-refractivity contribution in [3.63, 3.8) is 0 Å². The molecule has 9 heteroatoms. The Bertz CT molecular complexity index is 826. The molecule has 4 N–H and O–H groups in total. The van der Waals surface area contributed by atoms with Crippen molar-refractivity contribution in [3.8, 4) is 0 Å². The Labute approximate surface area is 167 Å². The number of hydrogen-bond acceptors (Lipinski definition) is 5. The number of carboxylic acid groups (broad SMARTS) is 1. The van der Waals surface area contributed by atoms with Crippen LogP contribution in [-0.4, -0.2) is 46.9 Å². The third-order valence-corrected chi connectivity index (χ3v) is 4.03. The SMILES string of the molecule is C[C@@H](Cc1ccccc1)NC(=O)OC[n+]1ccc(C(=O)NC(CO)C(=O)O)cc1. The number of nitrogens with zero attached hydrogens (tertiary/aromatic N) is 1. The van der Waals surface area contributed by atoms with Gasteiger partial charge in [0.25, 0.3) is 12.6 Å². The van der Waals surface area contributed by atoms with Gasteiger partial charge >= 0.3 is 12.1 Å². The van der Waals surface area contributed by atoms with E-state index in [0.717, 1.165) is 5.56 Å². The Morgan fingerprint density at radius 2 is 1.72 bits per heavy atom. The summed E-state index contributed by atoms with van der Waals surface area (Å²) in [5.41, 5.74) is 1.32. The van der Waals surface area contributed by atoms with Gasteiger partial charge in [0.05, 0.1) is 12.2 Å². The third-order valence-electron chi connectivity index (χ3n) is 4.03. The highest BCUT2D eigenvalue weighted by atomic mass is 16.6. The Kier molecular flexibility index (Phi) is 8.11. The molecule has 1 aromatic carbocycles. The van der Waals surface area contributed by atoms with E-state index >= 15 is 0 Å². The molecular formula is C20H24N3O6+. The molecule has 29 heavy (non-hydrogen) atoms. The third kappa shape index (κ3) is 7.23. The van der Waals surface area contributed by atoms with Crippen LogP contribution in [0.25, 0.3) is 0 Å². The summed E-state index contributed by atoms with van der Waals surface area (Å²) in [5.74, 6) is -1.96. The van der Waals surface area contributed by atoms with Gasteiger partial charge in [-0.3, -0.25) is 4.79 Å². The first-order chi connectivity index (χ1) is 13.9. The highest BCUT2D eigenvalue weighted by Gasteiger charge is 2.20. The summed E-state index contributed by atoms with van der Waals surface area (Å²) in [6.45, 7) is 1.12. The van der Waals surface area contributed by atoms with Gasteiger partial charge in [-0.25, -0.2) is 9.59 Å². The number of aliphatic hydroxyl groups excluding tert-OH is 1. The van der Waals surface area contributed by atoms with Gasteiger partial charge in [-0.2, -0.15) is 4.57 Å². The van der Waals surface area contributed by atoms with Crippen LogP contribution in [0.4, 0.5) is 4.79 Å². The molecule has 0 spiro atoms. The van der Waals surface area contributed by atoms with Gasteiger partial charge in [0.1, 0.15) is 0 Å². The van der Waals surface area contributed by atoms with E-state index in [2.05, 4.69) is 10.6 Å². The van der Waals surface area contributed by atoms with Crippen LogP contribution in [-0.2, 0) is 22.7 Å². The number of hydrogen-bond donors (Lipinski definition) is 4. The lowest BCUT2D eigenvalue weighted by molar-refractivity contribution is -0.727. The normalized spacial score (nSPS) is 12.5. The first kappa shape index (κ1) is 21.8. The largest absolute Gasteiger partial charge is 0.480 e. The molecule has 154 valence electrons. The van der Waals surface area contributed by atoms with E-state index < -0.39 is 30.6 Å². The summed E-state index contributed by atoms with van der Waals surface area (Å²) in [6.07, 6.45) is 3.15. The number of carbonyl (C=O) groups excluding carboxylic acids is 2. The molecular weight excluding hydrogens is 378 g/mol. The summed E-state index contributed by atoms with van der Waals surface area (Å²) >= 11 is 0. The summed E-state index contributed by atoms with van der Waals surface area (Å²) < 4.78 is 6.69. The smallest absolute Gasteiger partial charge is 0.412 e. The van der Waals surface area contributed by atoms with Gasteiger partial charge in [0.2, 0.25) is 0 Å². The number of aliphatic hydroxyl groups is 1. The van der Waals surface area contributed by atoms with Gasteiger partial charge in [-0.15, -0.1) is 0 Å². The molecule has 0 radical (unpaired) electrons. The number of carboxylic acids is 1. The molecule has 0 saturated carbocycles. The maximum atomic E-state index is 12.0. The van der Waals surface area contributed by atoms with Gasteiger partial charge in [0, 0.05) is 18.2 Å². The average Bonchev–Trinajstić information content (AvgIpc) is 2.71. The van der Waals surface area contributed by atoms with Crippen LogP contribution in [0.1, 0.15) is 22.8 Å². The van der Waals surface area contributed by atoms with Crippen LogP contribution >= 0.6 is 0 Å². The first-order valence-corrected chi connectivity index (χ1v) is 9.00. The van der Waals surface area contributed by atoms with E-state index in [0.29, 0.717) is 6.42 Å². The lowest BCUT2D eigenvalue weighted by Crippen LogP contribution is -2.44. The highest BCUT2D eigenvalue weighted by molar-refractivity contribution is 5.96. The lowest BCUT2D eigenvalue weighted by Gasteiger charge is -2.13. The molecule has 0 saturated heterocycles. The molecule has 1 unspecified atom stereocenters. The molecule has 1 heterocycles. The Morgan fingerprint density at radius 1 is 1.07 bits per heavy atom. The molecule has 0 aliphatic heterocycles. The zero-order chi connectivity index (χ0) is 21.2. The van der Waals surface area contributed by atoms with E-state index in [-0.39, 0.29) is 18.3 Å². The molecule has 0 fully saturated rings. The zero-order valence-electron chi connectivity index (χ0n) is 15.9. The van der Waals surface area contributed by atoms with Crippen LogP contribution < -0.4 is 15.2 Å². The summed E-state index contributed by atoms with van der Waals surface area (Å²) in [6, 6.07) is 11.2. The van der Waals surface area contributed by atoms with Crippen LogP contribution in [0.15, 0.2) is 54.9 Å². The van der Waals surface area contributed by atoms with E-state index in [1.54, 1.807) is 4.57 Å². The number of aliphatic carboxylic acids is 1. The number of benzene rings is 1. The molecule has 9 nitrogen and oxygen atoms in total. The Morgan fingerprint density at radius 3 is 2.31 bits per heavy atom. The molecule has 2 atom stereocenters. The number of ether oxygens (including phenoxy) is 1. The average molecular weight is 402 g/mol. The van der Waals surface area contributed by atoms with Crippen molar-refractivity contribution < 1.29 is 33.9 Å². The van der Waals surface area contributed by atoms with E-state index in [1.807, 2.05) is 37.3 Å². The minimum Gasteiger partial charge on any atom is -0.480 e. The highest BCUT2D eigenvalue weighted by Crippen LogP contribution is 2.03. The molecule has 1 aromatic heterocycles. The number of amides is 2. The maximum absolute atomic E-state index is 12.0. The predicted molar refractivity (Wildman–Crippen MR) is 102 cm³/mol. The Hall–Kier alpha value is -3.46. The van der Waals surface area contributed by atoms with Crippen molar-refractivity contribution in [2.45, 2.75) is 32.2 Å². The second-order valence-electron chi connectivity index (χ2n) is 6.44. The van der Waals surface area contributed by atoms with Crippen LogP contribution in [0.3, 0.4) is 0 Å². The second kappa shape index (κ2) is 10.8. The quantitative estimate of drug-likeness (QED) is 0.451. The molecule has 0 aliphatic carbocycles. The topological polar surface area (TPSA) is 129 Å². The number of pyridine rings is 1. The first-order valence-electron chi connectivity index (χ1n) is 9.00. The van der Waals surface area contributed by atoms with Gasteiger partial charge in [-0.1, -0.05) is 30.3 Å². The summed E-state index contributed by atoms with van der Waals surface area (Å²) in [4.78, 5) is 34.7. The summed E-state index contributed by atoms with van der Waals surface area (Å²) in [7, 11) is 0. The molecule has 0 bridgehead atoms. The minimum absolute atomic E-state index is 0.0554. The maximum Gasteiger partial charge on any atom is 0.412 e. The van der Waals surface area contributed by atoms with Gasteiger partial charge in [0.15, 0.2) is 18.4 Å². The van der Waals surface area contributed by atoms with E-state index in [9.17, 15) is 14.4 Å². The number of rotatable bonds is 9. The van der Waals surface area contributed by atoms with Gasteiger partial charge < -0.3 is 25.6 Å². The van der Waals surface area contributed by atoms with Crippen LogP contribution in [0.5, 0.6) is 0 Å². The molecule has 2 aromatic rings. The van der Waals surface area contributed by atoms with Crippen molar-refractivity contribution in [1.29, 1.82) is 0 Å². The fourth-order valence-electron chi connectivity index (χ4n) is 2.52. The predicted octanol–water partition coefficient (Wildman–Crippen LogP) is 0.464. The van der Waals surface area contributed by atoms with Crippen molar-refractivity contribution in [3.05, 3.63) is 66.0 Å². The second-order valence-corrected chi connectivity index (χ2v) is 6.44. The number of alkyl carbamates (subject to hydrolysis) is 1. The van der Waals surface area contributed by atoms with Crippen molar-refractivity contribution >= 4 is 18.0 Å². The number of nitrogens with one attached hydrogen (secondary N) is 2. The Balaban J connectivity index is 1.79. The molecule has 0 aliphatic rings. The monoisotopic (exact) mass is 402 g/mol. The van der Waals surface area contributed by atoms with Gasteiger partial charge in [-0.05, 0) is 18.9 Å². The van der Waals surface area contributed by atoms with Crippen LogP contribution in [0, 0.1) is 0 Å². The van der Waals surface area contributed by atoms with Crippen molar-refractivity contribution in [2.24, 2.45) is 0 Å². The van der Waals surface area contributed by atoms with Crippen LogP contribution in [0.2, 0.25) is 0 Å². The molecule has 2 rings (SSSR count). The summed E-state index contributed by atoms with van der Waals surface area (Å²) in [5, 5.41) is 22.7. The zero-order valence-corrected chi connectivity index (χ0v) is 15.9. The number of aromatic nitrogens is 1. The minimum atomic E-state index is -1.38.